The number of carbonyl (C=O) groups excluding carboxylic acids is 2. The second-order valence-corrected chi connectivity index (χ2v) is 6.37. The smallest absolute Gasteiger partial charge is 0.305 e. The van der Waals surface area contributed by atoms with Crippen molar-refractivity contribution in [2.24, 2.45) is 0 Å². The first-order chi connectivity index (χ1) is 10.3. The molecule has 2 N–H and O–H groups in total. The zero-order chi connectivity index (χ0) is 16.6. The van der Waals surface area contributed by atoms with Gasteiger partial charge in [-0.2, -0.15) is 0 Å². The zero-order valence-corrected chi connectivity index (χ0v) is 13.4. The van der Waals surface area contributed by atoms with E-state index in [1.807, 2.05) is 0 Å². The summed E-state index contributed by atoms with van der Waals surface area (Å²) in [4.78, 5) is 23.1. The van der Waals surface area contributed by atoms with Crippen molar-refractivity contribution in [3.05, 3.63) is 29.8 Å². The van der Waals surface area contributed by atoms with E-state index in [0.29, 0.717) is 30.8 Å². The molecule has 0 atom stereocenters. The monoisotopic (exact) mass is 328 g/mol. The lowest BCUT2D eigenvalue weighted by atomic mass is 10.2. The molecule has 0 saturated carbocycles. The van der Waals surface area contributed by atoms with E-state index < -0.39 is 10.0 Å². The summed E-state index contributed by atoms with van der Waals surface area (Å²) >= 11 is 0. The van der Waals surface area contributed by atoms with Crippen LogP contribution >= 0.6 is 0 Å². The third-order valence-electron chi connectivity index (χ3n) is 2.58. The standard InChI is InChI=1S/C14H20N2O5S/c1-3-21-13(17)8-5-9-15-14(18)11-6-4-7-12(10-11)16-22(2,19)20/h4,6-7,10,16H,3,5,8-9H2,1-2H3,(H,15,18). The average Bonchev–Trinajstić information content (AvgIpc) is 2.42. The van der Waals surface area contributed by atoms with Gasteiger partial charge in [0, 0.05) is 24.2 Å². The number of hydrogen-bond acceptors (Lipinski definition) is 5. The van der Waals surface area contributed by atoms with Crippen LogP contribution in [0.3, 0.4) is 0 Å². The van der Waals surface area contributed by atoms with E-state index in [4.69, 9.17) is 4.74 Å². The summed E-state index contributed by atoms with van der Waals surface area (Å²) in [7, 11) is -3.39. The molecule has 122 valence electrons. The highest BCUT2D eigenvalue weighted by Gasteiger charge is 2.08. The van der Waals surface area contributed by atoms with Gasteiger partial charge in [0.25, 0.3) is 5.91 Å². The largest absolute Gasteiger partial charge is 0.466 e. The highest BCUT2D eigenvalue weighted by molar-refractivity contribution is 7.92. The van der Waals surface area contributed by atoms with Gasteiger partial charge in [-0.3, -0.25) is 14.3 Å². The molecule has 8 heteroatoms. The zero-order valence-electron chi connectivity index (χ0n) is 12.6. The summed E-state index contributed by atoms with van der Waals surface area (Å²) in [6.07, 6.45) is 1.75. The fourth-order valence-corrected chi connectivity index (χ4v) is 2.26. The third kappa shape index (κ3) is 7.07. The molecule has 0 fully saturated rings. The van der Waals surface area contributed by atoms with Gasteiger partial charge in [-0.15, -0.1) is 0 Å². The summed E-state index contributed by atoms with van der Waals surface area (Å²) in [5, 5.41) is 2.66. The van der Waals surface area contributed by atoms with Crippen molar-refractivity contribution >= 4 is 27.6 Å². The van der Waals surface area contributed by atoms with E-state index in [9.17, 15) is 18.0 Å². The molecule has 1 amide bonds. The minimum atomic E-state index is -3.39. The molecule has 0 aliphatic carbocycles. The van der Waals surface area contributed by atoms with Crippen molar-refractivity contribution in [1.29, 1.82) is 0 Å². The molecule has 1 aromatic carbocycles. The Morgan fingerprint density at radius 2 is 2.00 bits per heavy atom. The summed E-state index contributed by atoms with van der Waals surface area (Å²) < 4.78 is 29.4. The highest BCUT2D eigenvalue weighted by Crippen LogP contribution is 2.11. The summed E-state index contributed by atoms with van der Waals surface area (Å²) in [6, 6.07) is 6.16. The van der Waals surface area contributed by atoms with Crippen LogP contribution in [0.25, 0.3) is 0 Å². The first kappa shape index (κ1) is 18.0. The van der Waals surface area contributed by atoms with Gasteiger partial charge in [0.15, 0.2) is 0 Å². The Kier molecular flexibility index (Phi) is 6.84. The van der Waals surface area contributed by atoms with Gasteiger partial charge in [0.1, 0.15) is 0 Å². The van der Waals surface area contributed by atoms with Crippen molar-refractivity contribution in [3.63, 3.8) is 0 Å². The van der Waals surface area contributed by atoms with Crippen molar-refractivity contribution < 1.29 is 22.7 Å². The fraction of sp³-hybridized carbons (Fsp3) is 0.429. The Morgan fingerprint density at radius 3 is 2.64 bits per heavy atom. The Labute approximate surface area is 130 Å². The Morgan fingerprint density at radius 1 is 1.27 bits per heavy atom. The second-order valence-electron chi connectivity index (χ2n) is 4.62. The topological polar surface area (TPSA) is 102 Å². The maximum atomic E-state index is 11.9. The Balaban J connectivity index is 2.49. The molecular weight excluding hydrogens is 308 g/mol. The van der Waals surface area contributed by atoms with Crippen molar-refractivity contribution in [2.45, 2.75) is 19.8 Å². The van der Waals surface area contributed by atoms with Gasteiger partial charge in [0.2, 0.25) is 10.0 Å². The number of amides is 1. The third-order valence-corrected chi connectivity index (χ3v) is 3.18. The van der Waals surface area contributed by atoms with Crippen LogP contribution in [0.4, 0.5) is 5.69 Å². The van der Waals surface area contributed by atoms with E-state index in [-0.39, 0.29) is 18.3 Å². The molecule has 1 aromatic rings. The molecule has 0 radical (unpaired) electrons. The van der Waals surface area contributed by atoms with Gasteiger partial charge in [-0.1, -0.05) is 6.07 Å². The molecule has 0 aliphatic rings. The minimum Gasteiger partial charge on any atom is -0.466 e. The van der Waals surface area contributed by atoms with Crippen molar-refractivity contribution in [3.8, 4) is 0 Å². The predicted molar refractivity (Wildman–Crippen MR) is 83.1 cm³/mol. The summed E-state index contributed by atoms with van der Waals surface area (Å²) in [6.45, 7) is 2.41. The average molecular weight is 328 g/mol. The molecule has 0 aromatic heterocycles. The molecule has 0 bridgehead atoms. The van der Waals surface area contributed by atoms with Gasteiger partial charge in [0.05, 0.1) is 12.9 Å². The van der Waals surface area contributed by atoms with Crippen LogP contribution < -0.4 is 10.0 Å². The number of esters is 1. The van der Waals surface area contributed by atoms with Crippen LogP contribution in [-0.2, 0) is 19.6 Å². The van der Waals surface area contributed by atoms with Crippen LogP contribution in [0.5, 0.6) is 0 Å². The minimum absolute atomic E-state index is 0.240. The van der Waals surface area contributed by atoms with Gasteiger partial charge in [-0.25, -0.2) is 8.42 Å². The molecule has 0 spiro atoms. The summed E-state index contributed by atoms with van der Waals surface area (Å²) in [5.41, 5.74) is 0.659. The van der Waals surface area contributed by atoms with E-state index in [1.54, 1.807) is 25.1 Å². The number of nitrogens with one attached hydrogen (secondary N) is 2. The number of anilines is 1. The molecule has 0 heterocycles. The van der Waals surface area contributed by atoms with Crippen LogP contribution in [0.1, 0.15) is 30.1 Å². The van der Waals surface area contributed by atoms with E-state index in [2.05, 4.69) is 10.0 Å². The number of hydrogen-bond donors (Lipinski definition) is 2. The van der Waals surface area contributed by atoms with Crippen LogP contribution in [-0.4, -0.2) is 39.7 Å². The Bertz CT molecular complexity index is 628. The molecule has 1 rings (SSSR count). The normalized spacial score (nSPS) is 10.8. The van der Waals surface area contributed by atoms with Gasteiger partial charge < -0.3 is 10.1 Å². The number of benzene rings is 1. The number of ether oxygens (including phenoxy) is 1. The maximum absolute atomic E-state index is 11.9. The maximum Gasteiger partial charge on any atom is 0.305 e. The first-order valence-corrected chi connectivity index (χ1v) is 8.72. The van der Waals surface area contributed by atoms with Crippen LogP contribution in [0, 0.1) is 0 Å². The first-order valence-electron chi connectivity index (χ1n) is 6.83. The molecule has 0 saturated heterocycles. The quantitative estimate of drug-likeness (QED) is 0.550. The molecular formula is C14H20N2O5S. The second kappa shape index (κ2) is 8.38. The molecule has 7 nitrogen and oxygen atoms in total. The van der Waals surface area contributed by atoms with Gasteiger partial charge >= 0.3 is 5.97 Å². The lowest BCUT2D eigenvalue weighted by Gasteiger charge is -2.08. The van der Waals surface area contributed by atoms with Gasteiger partial charge in [-0.05, 0) is 31.5 Å². The van der Waals surface area contributed by atoms with E-state index >= 15 is 0 Å². The van der Waals surface area contributed by atoms with Crippen LogP contribution in [0.15, 0.2) is 24.3 Å². The summed E-state index contributed by atoms with van der Waals surface area (Å²) in [5.74, 6) is -0.628. The molecule has 22 heavy (non-hydrogen) atoms. The SMILES string of the molecule is CCOC(=O)CCCNC(=O)c1cccc(NS(C)(=O)=O)c1. The fourth-order valence-electron chi connectivity index (χ4n) is 1.71. The van der Waals surface area contributed by atoms with E-state index in [0.717, 1.165) is 6.26 Å². The lowest BCUT2D eigenvalue weighted by Crippen LogP contribution is -2.25. The Hall–Kier alpha value is -2.09. The highest BCUT2D eigenvalue weighted by atomic mass is 32.2. The van der Waals surface area contributed by atoms with Crippen LogP contribution in [0.2, 0.25) is 0 Å². The lowest BCUT2D eigenvalue weighted by molar-refractivity contribution is -0.143. The van der Waals surface area contributed by atoms with E-state index in [1.165, 1.54) is 6.07 Å². The van der Waals surface area contributed by atoms with Crippen molar-refractivity contribution in [1.82, 2.24) is 5.32 Å². The number of rotatable bonds is 8. The van der Waals surface area contributed by atoms with Crippen molar-refractivity contribution in [2.75, 3.05) is 24.1 Å². The number of sulfonamides is 1. The molecule has 0 unspecified atom stereocenters. The number of carbonyl (C=O) groups is 2. The molecule has 0 aliphatic heterocycles. The predicted octanol–water partition coefficient (Wildman–Crippen LogP) is 1.13.